The lowest BCUT2D eigenvalue weighted by molar-refractivity contribution is 0.825. The number of hydrogen-bond donors (Lipinski definition) is 2. The molecule has 5 heteroatoms. The van der Waals surface area contributed by atoms with E-state index in [0.717, 1.165) is 5.56 Å². The molecule has 82 valence electrons. The van der Waals surface area contributed by atoms with E-state index in [1.54, 1.807) is 36.8 Å². The van der Waals surface area contributed by atoms with Gasteiger partial charge in [0, 0.05) is 29.8 Å². The molecular weight excluding hydrogens is 224 g/mol. The van der Waals surface area contributed by atoms with Crippen molar-refractivity contribution in [2.75, 3.05) is 5.73 Å². The van der Waals surface area contributed by atoms with Crippen LogP contribution in [0.4, 0.5) is 5.69 Å². The lowest BCUT2D eigenvalue weighted by Crippen LogP contribution is -2.15. The first-order valence-corrected chi connectivity index (χ1v) is 5.12. The number of anilines is 1. The number of hydrogen-bond acceptors (Lipinski definition) is 4. The Morgan fingerprint density at radius 1 is 1.19 bits per heavy atom. The second-order valence-electron chi connectivity index (χ2n) is 3.38. The molecule has 0 aliphatic heterocycles. The first-order valence-electron chi connectivity index (χ1n) is 4.75. The van der Waals surface area contributed by atoms with Crippen molar-refractivity contribution in [2.24, 2.45) is 5.73 Å². The molecule has 2 rings (SSSR count). The molecule has 2 aromatic rings. The number of nitrogens with zero attached hydrogens (tertiary/aromatic N) is 2. The second kappa shape index (κ2) is 4.47. The number of nitrogen functional groups attached to an aromatic ring is 1. The molecule has 0 saturated carbocycles. The van der Waals surface area contributed by atoms with Gasteiger partial charge in [0.1, 0.15) is 0 Å². The van der Waals surface area contributed by atoms with Gasteiger partial charge in [-0.25, -0.2) is 0 Å². The molecule has 0 saturated heterocycles. The fourth-order valence-corrected chi connectivity index (χ4v) is 1.52. The third kappa shape index (κ3) is 2.13. The van der Waals surface area contributed by atoms with Crippen LogP contribution < -0.4 is 11.5 Å². The summed E-state index contributed by atoms with van der Waals surface area (Å²) in [5, 5.41) is 0.579. The molecule has 4 N–H and O–H groups in total. The standard InChI is InChI=1S/C11H11ClN4/c12-7-1-2-10(16-5-7)11(14)8-6-15-4-3-9(8)13/h1-6,11H,14H2,(H2,13,15). The summed E-state index contributed by atoms with van der Waals surface area (Å²) in [7, 11) is 0. The van der Waals surface area contributed by atoms with E-state index in [-0.39, 0.29) is 6.04 Å². The van der Waals surface area contributed by atoms with Gasteiger partial charge in [0.15, 0.2) is 0 Å². The highest BCUT2D eigenvalue weighted by Gasteiger charge is 2.12. The summed E-state index contributed by atoms with van der Waals surface area (Å²) in [6.07, 6.45) is 4.83. The molecule has 1 atom stereocenters. The molecule has 1 unspecified atom stereocenters. The fourth-order valence-electron chi connectivity index (χ4n) is 1.41. The van der Waals surface area contributed by atoms with E-state index in [1.807, 2.05) is 0 Å². The van der Waals surface area contributed by atoms with Crippen molar-refractivity contribution in [3.8, 4) is 0 Å². The van der Waals surface area contributed by atoms with Gasteiger partial charge in [-0.15, -0.1) is 0 Å². The van der Waals surface area contributed by atoms with Gasteiger partial charge in [-0.05, 0) is 18.2 Å². The first-order chi connectivity index (χ1) is 7.68. The third-order valence-electron chi connectivity index (χ3n) is 2.29. The van der Waals surface area contributed by atoms with Crippen LogP contribution in [0.3, 0.4) is 0 Å². The quantitative estimate of drug-likeness (QED) is 0.830. The van der Waals surface area contributed by atoms with Crippen molar-refractivity contribution in [2.45, 2.75) is 6.04 Å². The Labute approximate surface area is 98.3 Å². The normalized spacial score (nSPS) is 12.4. The number of nitrogens with two attached hydrogens (primary N) is 2. The number of pyridine rings is 2. The van der Waals surface area contributed by atoms with E-state index in [2.05, 4.69) is 9.97 Å². The molecule has 16 heavy (non-hydrogen) atoms. The molecular formula is C11H11ClN4. The minimum absolute atomic E-state index is 0.383. The van der Waals surface area contributed by atoms with Crippen molar-refractivity contribution < 1.29 is 0 Å². The van der Waals surface area contributed by atoms with Gasteiger partial charge in [-0.3, -0.25) is 9.97 Å². The molecule has 0 fully saturated rings. The monoisotopic (exact) mass is 234 g/mol. The number of rotatable bonds is 2. The molecule has 0 amide bonds. The maximum atomic E-state index is 6.04. The van der Waals surface area contributed by atoms with E-state index in [4.69, 9.17) is 23.1 Å². The van der Waals surface area contributed by atoms with Gasteiger partial charge in [-0.1, -0.05) is 11.6 Å². The average Bonchev–Trinajstić information content (AvgIpc) is 2.30. The predicted molar refractivity (Wildman–Crippen MR) is 63.9 cm³/mol. The van der Waals surface area contributed by atoms with Gasteiger partial charge < -0.3 is 11.5 Å². The van der Waals surface area contributed by atoms with Crippen molar-refractivity contribution >= 4 is 17.3 Å². The lowest BCUT2D eigenvalue weighted by atomic mass is 10.0. The van der Waals surface area contributed by atoms with Crippen molar-refractivity contribution in [1.29, 1.82) is 0 Å². The van der Waals surface area contributed by atoms with Crippen LogP contribution in [0.15, 0.2) is 36.8 Å². The maximum Gasteiger partial charge on any atom is 0.0761 e. The summed E-state index contributed by atoms with van der Waals surface area (Å²) in [6.45, 7) is 0. The summed E-state index contributed by atoms with van der Waals surface area (Å²) in [4.78, 5) is 8.15. The summed E-state index contributed by atoms with van der Waals surface area (Å²) < 4.78 is 0. The van der Waals surface area contributed by atoms with Crippen molar-refractivity contribution in [3.05, 3.63) is 53.1 Å². The Morgan fingerprint density at radius 2 is 2.00 bits per heavy atom. The van der Waals surface area contributed by atoms with Crippen LogP contribution in [0.25, 0.3) is 0 Å². The highest BCUT2D eigenvalue weighted by Crippen LogP contribution is 2.22. The Bertz CT molecular complexity index is 484. The summed E-state index contributed by atoms with van der Waals surface area (Å²) in [6, 6.07) is 4.85. The Balaban J connectivity index is 2.35. The molecule has 0 aliphatic carbocycles. The molecule has 4 nitrogen and oxygen atoms in total. The minimum Gasteiger partial charge on any atom is -0.398 e. The van der Waals surface area contributed by atoms with Crippen LogP contribution in [0.1, 0.15) is 17.3 Å². The molecule has 0 bridgehead atoms. The SMILES string of the molecule is Nc1ccncc1C(N)c1ccc(Cl)cn1. The topological polar surface area (TPSA) is 77.8 Å². The van der Waals surface area contributed by atoms with Crippen LogP contribution in [0.2, 0.25) is 5.02 Å². The summed E-state index contributed by atoms with van der Waals surface area (Å²) in [5.41, 5.74) is 13.9. The first kappa shape index (κ1) is 10.9. The molecule has 2 heterocycles. The Morgan fingerprint density at radius 3 is 2.62 bits per heavy atom. The average molecular weight is 235 g/mol. The van der Waals surface area contributed by atoms with Gasteiger partial charge in [-0.2, -0.15) is 0 Å². The van der Waals surface area contributed by atoms with Crippen molar-refractivity contribution in [3.63, 3.8) is 0 Å². The predicted octanol–water partition coefficient (Wildman–Crippen LogP) is 1.76. The largest absolute Gasteiger partial charge is 0.398 e. The maximum absolute atomic E-state index is 6.04. The van der Waals surface area contributed by atoms with Gasteiger partial charge in [0.2, 0.25) is 0 Å². The van der Waals surface area contributed by atoms with Gasteiger partial charge in [0.25, 0.3) is 0 Å². The van der Waals surface area contributed by atoms with E-state index >= 15 is 0 Å². The summed E-state index contributed by atoms with van der Waals surface area (Å²) in [5.74, 6) is 0. The third-order valence-corrected chi connectivity index (χ3v) is 2.51. The molecule has 0 aliphatic rings. The van der Waals surface area contributed by atoms with Crippen LogP contribution in [0.5, 0.6) is 0 Å². The van der Waals surface area contributed by atoms with E-state index in [0.29, 0.717) is 16.4 Å². The second-order valence-corrected chi connectivity index (χ2v) is 3.82. The molecule has 0 aromatic carbocycles. The minimum atomic E-state index is -0.383. The highest BCUT2D eigenvalue weighted by molar-refractivity contribution is 6.30. The molecule has 0 spiro atoms. The number of halogens is 1. The zero-order chi connectivity index (χ0) is 11.5. The summed E-state index contributed by atoms with van der Waals surface area (Å²) >= 11 is 5.75. The highest BCUT2D eigenvalue weighted by atomic mass is 35.5. The van der Waals surface area contributed by atoms with E-state index < -0.39 is 0 Å². The van der Waals surface area contributed by atoms with Crippen molar-refractivity contribution in [1.82, 2.24) is 9.97 Å². The smallest absolute Gasteiger partial charge is 0.0761 e. The lowest BCUT2D eigenvalue weighted by Gasteiger charge is -2.13. The molecule has 0 radical (unpaired) electrons. The number of aromatic nitrogens is 2. The van der Waals surface area contributed by atoms with Crippen LogP contribution in [-0.4, -0.2) is 9.97 Å². The van der Waals surface area contributed by atoms with E-state index in [9.17, 15) is 0 Å². The van der Waals surface area contributed by atoms with Crippen LogP contribution >= 0.6 is 11.6 Å². The Kier molecular flexibility index (Phi) is 3.03. The van der Waals surface area contributed by atoms with Gasteiger partial charge >= 0.3 is 0 Å². The zero-order valence-corrected chi connectivity index (χ0v) is 9.22. The fraction of sp³-hybridized carbons (Fsp3) is 0.0909. The Hall–Kier alpha value is -1.65. The van der Waals surface area contributed by atoms with E-state index in [1.165, 1.54) is 0 Å². The van der Waals surface area contributed by atoms with Crippen LogP contribution in [0, 0.1) is 0 Å². The molecule has 2 aromatic heterocycles. The van der Waals surface area contributed by atoms with Gasteiger partial charge in [0.05, 0.1) is 16.8 Å². The zero-order valence-electron chi connectivity index (χ0n) is 8.47. The van der Waals surface area contributed by atoms with Crippen LogP contribution in [-0.2, 0) is 0 Å².